The second kappa shape index (κ2) is 6.26. The van der Waals surface area contributed by atoms with Gasteiger partial charge >= 0.3 is 7.60 Å². The third kappa shape index (κ3) is 5.92. The Bertz CT molecular complexity index is 359. The van der Waals surface area contributed by atoms with Crippen molar-refractivity contribution in [1.82, 2.24) is 0 Å². The lowest BCUT2D eigenvalue weighted by Gasteiger charge is -2.13. The van der Waals surface area contributed by atoms with Crippen molar-refractivity contribution in [2.75, 3.05) is 25.8 Å². The Morgan fingerprint density at radius 3 is 2.47 bits per heavy atom. The molecule has 0 aromatic carbocycles. The van der Waals surface area contributed by atoms with E-state index in [1.54, 1.807) is 6.92 Å². The van der Waals surface area contributed by atoms with Crippen molar-refractivity contribution in [2.45, 2.75) is 6.92 Å². The number of terminal acetylenes is 1. The average Bonchev–Trinajstić information content (AvgIpc) is 2.23. The summed E-state index contributed by atoms with van der Waals surface area (Å²) in [5, 5.41) is 0. The quantitative estimate of drug-likeness (QED) is 0.381. The molecule has 0 spiro atoms. The molecule has 1 atom stereocenters. The fraction of sp³-hybridized carbons (Fsp3) is 0.714. The van der Waals surface area contributed by atoms with Crippen LogP contribution in [0.15, 0.2) is 0 Å². The van der Waals surface area contributed by atoms with E-state index in [0.29, 0.717) is 0 Å². The van der Waals surface area contributed by atoms with E-state index in [1.807, 2.05) is 5.92 Å². The van der Waals surface area contributed by atoms with Gasteiger partial charge in [-0.1, -0.05) is 12.8 Å². The van der Waals surface area contributed by atoms with E-state index in [0.717, 1.165) is 0 Å². The van der Waals surface area contributed by atoms with Gasteiger partial charge in [0.05, 0.1) is 0 Å². The molecule has 0 saturated carbocycles. The van der Waals surface area contributed by atoms with Crippen LogP contribution in [0.4, 0.5) is 0 Å². The minimum Gasteiger partial charge on any atom is -0.312 e. The molecule has 0 aliphatic rings. The van der Waals surface area contributed by atoms with Crippen molar-refractivity contribution in [3.05, 3.63) is 0 Å². The molecule has 8 heteroatoms. The summed E-state index contributed by atoms with van der Waals surface area (Å²) in [5.41, 5.74) is 0. The highest BCUT2D eigenvalue weighted by atomic mass is 32.2. The second-order valence-corrected chi connectivity index (χ2v) is 6.45. The molecule has 6 nitrogen and oxygen atoms in total. The van der Waals surface area contributed by atoms with E-state index < -0.39 is 23.7 Å². The number of hydrogen-bond acceptors (Lipinski definition) is 6. The maximum Gasteiger partial charge on any atom is 0.331 e. The van der Waals surface area contributed by atoms with Gasteiger partial charge in [0.25, 0.3) is 10.1 Å². The topological polar surface area (TPSA) is 78.9 Å². The van der Waals surface area contributed by atoms with Crippen LogP contribution in [0.25, 0.3) is 0 Å². The summed E-state index contributed by atoms with van der Waals surface area (Å²) >= 11 is 0. The molecule has 0 fully saturated rings. The molecule has 0 radical (unpaired) electrons. The summed E-state index contributed by atoms with van der Waals surface area (Å²) in [6.07, 6.45) is 4.89. The summed E-state index contributed by atoms with van der Waals surface area (Å²) < 4.78 is 47.1. The van der Waals surface area contributed by atoms with Crippen LogP contribution in [0.3, 0.4) is 0 Å². The van der Waals surface area contributed by atoms with Crippen LogP contribution in [0.1, 0.15) is 6.92 Å². The van der Waals surface area contributed by atoms with Crippen LogP contribution in [0, 0.1) is 12.3 Å². The molecule has 88 valence electrons. The zero-order valence-electron chi connectivity index (χ0n) is 8.50. The Kier molecular flexibility index (Phi) is 6.10. The molecule has 0 aromatic rings. The van der Waals surface area contributed by atoms with Gasteiger partial charge in [-0.15, -0.1) is 6.42 Å². The summed E-state index contributed by atoms with van der Waals surface area (Å²) in [6.45, 7) is 1.17. The minimum absolute atomic E-state index is 0.0775. The molecular weight excluding hydrogens is 243 g/mol. The van der Waals surface area contributed by atoms with Crippen LogP contribution in [0.2, 0.25) is 0 Å². The van der Waals surface area contributed by atoms with Crippen molar-refractivity contribution in [3.63, 3.8) is 0 Å². The zero-order valence-corrected chi connectivity index (χ0v) is 10.2. The molecule has 0 aliphatic heterocycles. The SMILES string of the molecule is C#CCOS(=O)(=O)COP(=O)(CC)OC. The van der Waals surface area contributed by atoms with Crippen LogP contribution in [0.5, 0.6) is 0 Å². The largest absolute Gasteiger partial charge is 0.331 e. The predicted molar refractivity (Wildman–Crippen MR) is 54.8 cm³/mol. The molecule has 0 heterocycles. The summed E-state index contributed by atoms with van der Waals surface area (Å²) in [5.74, 6) is 1.15. The first-order valence-corrected chi connectivity index (χ1v) is 7.29. The van der Waals surface area contributed by atoms with Crippen LogP contribution < -0.4 is 0 Å². The second-order valence-electron chi connectivity index (χ2n) is 2.38. The lowest BCUT2D eigenvalue weighted by molar-refractivity contribution is 0.250. The van der Waals surface area contributed by atoms with Gasteiger partial charge in [0.2, 0.25) is 0 Å². The lowest BCUT2D eigenvalue weighted by atomic mass is 10.8. The predicted octanol–water partition coefficient (Wildman–Crippen LogP) is 0.799. The van der Waals surface area contributed by atoms with Gasteiger partial charge in [-0.3, -0.25) is 13.3 Å². The molecule has 0 aliphatic carbocycles. The van der Waals surface area contributed by atoms with Gasteiger partial charge in [0.15, 0.2) is 5.94 Å². The smallest absolute Gasteiger partial charge is 0.312 e. The van der Waals surface area contributed by atoms with E-state index in [9.17, 15) is 13.0 Å². The van der Waals surface area contributed by atoms with Crippen LogP contribution in [-0.4, -0.2) is 34.2 Å². The van der Waals surface area contributed by atoms with Gasteiger partial charge < -0.3 is 4.52 Å². The van der Waals surface area contributed by atoms with Crippen molar-refractivity contribution in [3.8, 4) is 12.3 Å². The first-order chi connectivity index (χ1) is 6.89. The highest BCUT2D eigenvalue weighted by molar-refractivity contribution is 7.86. The summed E-state index contributed by atoms with van der Waals surface area (Å²) in [4.78, 5) is 0. The number of rotatable bonds is 7. The molecular formula is C7H13O6PS. The Morgan fingerprint density at radius 1 is 1.47 bits per heavy atom. The monoisotopic (exact) mass is 256 g/mol. The molecule has 1 unspecified atom stereocenters. The molecule has 0 rings (SSSR count). The normalized spacial score (nSPS) is 15.5. The van der Waals surface area contributed by atoms with E-state index in [-0.39, 0.29) is 12.8 Å². The van der Waals surface area contributed by atoms with Crippen LogP contribution in [-0.2, 0) is 27.9 Å². The van der Waals surface area contributed by atoms with E-state index in [1.165, 1.54) is 7.11 Å². The molecule has 0 amide bonds. The molecule has 0 aromatic heterocycles. The maximum atomic E-state index is 11.5. The third-order valence-corrected chi connectivity index (χ3v) is 4.29. The minimum atomic E-state index is -3.91. The van der Waals surface area contributed by atoms with Gasteiger partial charge in [0.1, 0.15) is 6.61 Å². The van der Waals surface area contributed by atoms with Crippen molar-refractivity contribution >= 4 is 17.7 Å². The van der Waals surface area contributed by atoms with Crippen molar-refractivity contribution in [2.24, 2.45) is 0 Å². The Labute approximate surface area is 89.6 Å². The number of hydrogen-bond donors (Lipinski definition) is 0. The first-order valence-electron chi connectivity index (χ1n) is 3.99. The highest BCUT2D eigenvalue weighted by Crippen LogP contribution is 2.46. The van der Waals surface area contributed by atoms with Gasteiger partial charge in [-0.05, 0) is 0 Å². The molecule has 0 bridgehead atoms. The first kappa shape index (κ1) is 14.6. The highest BCUT2D eigenvalue weighted by Gasteiger charge is 2.24. The lowest BCUT2D eigenvalue weighted by Crippen LogP contribution is -2.13. The summed E-state index contributed by atoms with van der Waals surface area (Å²) in [7, 11) is -6.05. The Hall–Kier alpha value is -0.380. The van der Waals surface area contributed by atoms with Gasteiger partial charge in [-0.2, -0.15) is 8.42 Å². The maximum absolute atomic E-state index is 11.5. The van der Waals surface area contributed by atoms with E-state index >= 15 is 0 Å². The Balaban J connectivity index is 4.27. The fourth-order valence-electron chi connectivity index (χ4n) is 0.576. The van der Waals surface area contributed by atoms with Crippen molar-refractivity contribution < 1.29 is 26.2 Å². The molecule has 0 saturated heterocycles. The van der Waals surface area contributed by atoms with Gasteiger partial charge in [-0.25, -0.2) is 0 Å². The van der Waals surface area contributed by atoms with E-state index in [2.05, 4.69) is 13.2 Å². The van der Waals surface area contributed by atoms with Gasteiger partial charge in [0, 0.05) is 13.3 Å². The summed E-state index contributed by atoms with van der Waals surface area (Å²) in [6, 6.07) is 0. The molecule has 15 heavy (non-hydrogen) atoms. The van der Waals surface area contributed by atoms with Crippen molar-refractivity contribution in [1.29, 1.82) is 0 Å². The third-order valence-electron chi connectivity index (χ3n) is 1.38. The standard InChI is InChI=1S/C7H13O6PS/c1-4-6-13-15(9,10)7-12-14(8,5-2)11-3/h1H,5-7H2,2-3H3. The zero-order chi connectivity index (χ0) is 11.9. The fourth-order valence-corrected chi connectivity index (χ4v) is 2.60. The van der Waals surface area contributed by atoms with Crippen LogP contribution >= 0.6 is 7.60 Å². The average molecular weight is 256 g/mol. The molecule has 0 N–H and O–H groups in total. The Morgan fingerprint density at radius 2 is 2.07 bits per heavy atom. The van der Waals surface area contributed by atoms with E-state index in [4.69, 9.17) is 6.42 Å².